The predicted octanol–water partition coefficient (Wildman–Crippen LogP) is 3.53. The molecule has 0 saturated carbocycles. The number of sulfonamides is 1. The quantitative estimate of drug-likeness (QED) is 0.709. The van der Waals surface area contributed by atoms with E-state index in [1.165, 1.54) is 22.3 Å². The maximum absolute atomic E-state index is 13.1. The van der Waals surface area contributed by atoms with Gasteiger partial charge in [-0.15, -0.1) is 0 Å². The highest BCUT2D eigenvalue weighted by molar-refractivity contribution is 7.89. The molecule has 166 valence electrons. The fraction of sp³-hybridized carbons (Fsp3) is 0.364. The van der Waals surface area contributed by atoms with Gasteiger partial charge in [-0.3, -0.25) is 9.59 Å². The number of anilines is 1. The summed E-state index contributed by atoms with van der Waals surface area (Å²) >= 11 is 6.05. The highest BCUT2D eigenvalue weighted by Crippen LogP contribution is 2.25. The SMILES string of the molecule is Cc1ccc(C(=O)N(C)CC(=O)Nc2ccccc2Cl)cc1S(=O)(=O)N1CCCCC1. The molecular formula is C22H26ClN3O4S. The number of benzene rings is 2. The Morgan fingerprint density at radius 2 is 1.77 bits per heavy atom. The van der Waals surface area contributed by atoms with E-state index < -0.39 is 21.8 Å². The van der Waals surface area contributed by atoms with Crippen LogP contribution in [0, 0.1) is 6.92 Å². The monoisotopic (exact) mass is 463 g/mol. The molecule has 0 aromatic heterocycles. The summed E-state index contributed by atoms with van der Waals surface area (Å²) in [4.78, 5) is 26.6. The molecule has 0 spiro atoms. The summed E-state index contributed by atoms with van der Waals surface area (Å²) in [7, 11) is -2.18. The fourth-order valence-corrected chi connectivity index (χ4v) is 5.47. The van der Waals surface area contributed by atoms with Crippen molar-refractivity contribution >= 4 is 39.1 Å². The zero-order valence-corrected chi connectivity index (χ0v) is 19.2. The number of amides is 2. The number of carbonyl (C=O) groups excluding carboxylic acids is 2. The Morgan fingerprint density at radius 3 is 2.45 bits per heavy atom. The topological polar surface area (TPSA) is 86.8 Å². The van der Waals surface area contributed by atoms with Gasteiger partial charge in [-0.25, -0.2) is 8.42 Å². The van der Waals surface area contributed by atoms with Gasteiger partial charge in [0.15, 0.2) is 0 Å². The Balaban J connectivity index is 1.74. The summed E-state index contributed by atoms with van der Waals surface area (Å²) in [6, 6.07) is 11.4. The minimum absolute atomic E-state index is 0.133. The van der Waals surface area contributed by atoms with Gasteiger partial charge in [0.25, 0.3) is 5.91 Å². The Hall–Kier alpha value is -2.42. The van der Waals surface area contributed by atoms with E-state index in [2.05, 4.69) is 5.32 Å². The van der Waals surface area contributed by atoms with Crippen molar-refractivity contribution in [2.75, 3.05) is 32.0 Å². The third-order valence-corrected chi connectivity index (χ3v) is 7.61. The second kappa shape index (κ2) is 9.80. The van der Waals surface area contributed by atoms with Crippen molar-refractivity contribution in [1.29, 1.82) is 0 Å². The van der Waals surface area contributed by atoms with Crippen LogP contribution < -0.4 is 5.32 Å². The molecule has 7 nitrogen and oxygen atoms in total. The molecular weight excluding hydrogens is 438 g/mol. The van der Waals surface area contributed by atoms with E-state index in [-0.39, 0.29) is 17.0 Å². The van der Waals surface area contributed by atoms with Crippen molar-refractivity contribution in [3.63, 3.8) is 0 Å². The van der Waals surface area contributed by atoms with Gasteiger partial charge >= 0.3 is 0 Å². The van der Waals surface area contributed by atoms with Gasteiger partial charge in [-0.1, -0.05) is 36.2 Å². The lowest BCUT2D eigenvalue weighted by molar-refractivity contribution is -0.116. The normalized spacial score (nSPS) is 14.8. The first kappa shape index (κ1) is 23.2. The molecule has 2 aromatic carbocycles. The number of nitrogens with one attached hydrogen (secondary N) is 1. The maximum atomic E-state index is 13.1. The Labute approximate surface area is 188 Å². The lowest BCUT2D eigenvalue weighted by Crippen LogP contribution is -2.37. The van der Waals surface area contributed by atoms with Gasteiger partial charge in [0.1, 0.15) is 0 Å². The lowest BCUT2D eigenvalue weighted by Gasteiger charge is -2.27. The first-order valence-electron chi connectivity index (χ1n) is 10.1. The van der Waals surface area contributed by atoms with Gasteiger partial charge in [0, 0.05) is 25.7 Å². The molecule has 3 rings (SSSR count). The van der Waals surface area contributed by atoms with Gasteiger partial charge in [0.05, 0.1) is 22.2 Å². The van der Waals surface area contributed by atoms with Crippen molar-refractivity contribution in [2.24, 2.45) is 0 Å². The minimum atomic E-state index is -3.67. The average Bonchev–Trinajstić information content (AvgIpc) is 2.75. The second-order valence-corrected chi connectivity index (χ2v) is 9.95. The molecule has 2 aromatic rings. The maximum Gasteiger partial charge on any atom is 0.254 e. The number of halogens is 1. The molecule has 1 N–H and O–H groups in total. The van der Waals surface area contributed by atoms with Gasteiger partial charge < -0.3 is 10.2 Å². The number of carbonyl (C=O) groups is 2. The predicted molar refractivity (Wildman–Crippen MR) is 121 cm³/mol. The van der Waals surface area contributed by atoms with Crippen molar-refractivity contribution in [3.05, 3.63) is 58.6 Å². The molecule has 1 aliphatic heterocycles. The highest BCUT2D eigenvalue weighted by Gasteiger charge is 2.28. The Morgan fingerprint density at radius 1 is 1.10 bits per heavy atom. The first-order valence-corrected chi connectivity index (χ1v) is 11.9. The summed E-state index contributed by atoms with van der Waals surface area (Å²) in [5.74, 6) is -0.846. The molecule has 9 heteroatoms. The van der Waals surface area contributed by atoms with Crippen molar-refractivity contribution < 1.29 is 18.0 Å². The van der Waals surface area contributed by atoms with E-state index in [1.54, 1.807) is 43.3 Å². The summed E-state index contributed by atoms with van der Waals surface area (Å²) in [5, 5.41) is 3.07. The largest absolute Gasteiger partial charge is 0.332 e. The Kier molecular flexibility index (Phi) is 7.35. The summed E-state index contributed by atoms with van der Waals surface area (Å²) in [5.41, 5.74) is 1.26. The van der Waals surface area contributed by atoms with Gasteiger partial charge in [-0.05, 0) is 49.6 Å². The van der Waals surface area contributed by atoms with Crippen molar-refractivity contribution in [2.45, 2.75) is 31.1 Å². The van der Waals surface area contributed by atoms with Crippen LogP contribution in [0.5, 0.6) is 0 Å². The minimum Gasteiger partial charge on any atom is -0.332 e. The zero-order chi connectivity index (χ0) is 22.6. The smallest absolute Gasteiger partial charge is 0.254 e. The van der Waals surface area contributed by atoms with Crippen LogP contribution >= 0.6 is 11.6 Å². The number of piperidine rings is 1. The molecule has 0 bridgehead atoms. The highest BCUT2D eigenvalue weighted by atomic mass is 35.5. The number of hydrogen-bond acceptors (Lipinski definition) is 4. The summed E-state index contributed by atoms with van der Waals surface area (Å²) in [6.45, 7) is 2.49. The van der Waals surface area contributed by atoms with E-state index in [4.69, 9.17) is 11.6 Å². The van der Waals surface area contributed by atoms with Crippen molar-refractivity contribution in [1.82, 2.24) is 9.21 Å². The third-order valence-electron chi connectivity index (χ3n) is 5.24. The van der Waals surface area contributed by atoms with E-state index in [0.29, 0.717) is 29.4 Å². The number of hydrogen-bond donors (Lipinski definition) is 1. The molecule has 1 fully saturated rings. The molecule has 2 amide bonds. The van der Waals surface area contributed by atoms with Crippen LogP contribution in [0.2, 0.25) is 5.02 Å². The molecule has 1 heterocycles. The standard InChI is InChI=1S/C22H26ClN3O4S/c1-16-10-11-17(14-20(16)31(29,30)26-12-6-3-7-13-26)22(28)25(2)15-21(27)24-19-9-5-4-8-18(19)23/h4-5,8-11,14H,3,6-7,12-13,15H2,1-2H3,(H,24,27). The number of aryl methyl sites for hydroxylation is 1. The molecule has 1 saturated heterocycles. The number of nitrogens with zero attached hydrogens (tertiary/aromatic N) is 2. The fourth-order valence-electron chi connectivity index (χ4n) is 3.52. The van der Waals surface area contributed by atoms with Crippen LogP contribution in [-0.4, -0.2) is 56.1 Å². The van der Waals surface area contributed by atoms with E-state index in [0.717, 1.165) is 19.3 Å². The third kappa shape index (κ3) is 5.44. The van der Waals surface area contributed by atoms with E-state index in [1.807, 2.05) is 0 Å². The number of para-hydroxylation sites is 1. The van der Waals surface area contributed by atoms with Gasteiger partial charge in [-0.2, -0.15) is 4.31 Å². The lowest BCUT2D eigenvalue weighted by atomic mass is 10.1. The molecule has 0 unspecified atom stereocenters. The summed E-state index contributed by atoms with van der Waals surface area (Å²) in [6.07, 6.45) is 2.69. The van der Waals surface area contributed by atoms with Gasteiger partial charge in [0.2, 0.25) is 15.9 Å². The average molecular weight is 464 g/mol. The van der Waals surface area contributed by atoms with Crippen LogP contribution in [0.1, 0.15) is 35.2 Å². The van der Waals surface area contributed by atoms with Crippen LogP contribution in [0.3, 0.4) is 0 Å². The van der Waals surface area contributed by atoms with E-state index in [9.17, 15) is 18.0 Å². The van der Waals surface area contributed by atoms with Crippen LogP contribution in [0.25, 0.3) is 0 Å². The molecule has 0 aliphatic carbocycles. The van der Waals surface area contributed by atoms with Crippen LogP contribution in [0.4, 0.5) is 5.69 Å². The number of likely N-dealkylation sites (N-methyl/N-ethyl adjacent to an activating group) is 1. The van der Waals surface area contributed by atoms with E-state index >= 15 is 0 Å². The molecule has 1 aliphatic rings. The molecule has 0 atom stereocenters. The van der Waals surface area contributed by atoms with Crippen LogP contribution in [-0.2, 0) is 14.8 Å². The molecule has 31 heavy (non-hydrogen) atoms. The van der Waals surface area contributed by atoms with Crippen LogP contribution in [0.15, 0.2) is 47.4 Å². The second-order valence-electron chi connectivity index (χ2n) is 7.63. The van der Waals surface area contributed by atoms with Crippen molar-refractivity contribution in [3.8, 4) is 0 Å². The summed E-state index contributed by atoms with van der Waals surface area (Å²) < 4.78 is 27.7. The first-order chi connectivity index (χ1) is 14.7. The Bertz CT molecular complexity index is 1080. The molecule has 0 radical (unpaired) electrons. The number of rotatable bonds is 6. The zero-order valence-electron chi connectivity index (χ0n) is 17.6.